The zero-order valence-corrected chi connectivity index (χ0v) is 15.2. The van der Waals surface area contributed by atoms with E-state index in [4.69, 9.17) is 4.74 Å². The first-order valence-corrected chi connectivity index (χ1v) is 9.49. The van der Waals surface area contributed by atoms with Gasteiger partial charge in [-0.2, -0.15) is 0 Å². The van der Waals surface area contributed by atoms with Gasteiger partial charge in [-0.05, 0) is 47.3 Å². The van der Waals surface area contributed by atoms with Crippen LogP contribution < -0.4 is 0 Å². The summed E-state index contributed by atoms with van der Waals surface area (Å²) in [7, 11) is 2.26. The Hall–Kier alpha value is -2.14. The minimum absolute atomic E-state index is 0.349. The fraction of sp³-hybridized carbons (Fsp3) is 0.364. The van der Waals surface area contributed by atoms with Gasteiger partial charge in [-0.25, -0.2) is 0 Å². The maximum Gasteiger partial charge on any atom is 0.0888 e. The van der Waals surface area contributed by atoms with Crippen molar-refractivity contribution in [1.82, 2.24) is 14.8 Å². The van der Waals surface area contributed by atoms with Crippen molar-refractivity contribution in [2.75, 3.05) is 39.9 Å². The topological polar surface area (TPSA) is 31.5 Å². The molecule has 2 aliphatic rings. The molecule has 1 saturated heterocycles. The minimum atomic E-state index is 0.349. The van der Waals surface area contributed by atoms with Crippen LogP contribution in [-0.2, 0) is 4.74 Å². The third-order valence-electron chi connectivity index (χ3n) is 5.91. The molecule has 2 unspecified atom stereocenters. The van der Waals surface area contributed by atoms with E-state index in [1.54, 1.807) is 0 Å². The molecule has 0 saturated carbocycles. The molecular weight excluding hydrogens is 322 g/mol. The van der Waals surface area contributed by atoms with E-state index in [1.165, 1.54) is 27.6 Å². The third-order valence-corrected chi connectivity index (χ3v) is 5.91. The molecule has 26 heavy (non-hydrogen) atoms. The van der Waals surface area contributed by atoms with E-state index in [2.05, 4.69) is 70.4 Å². The van der Waals surface area contributed by atoms with Crippen LogP contribution >= 0.6 is 0 Å². The van der Waals surface area contributed by atoms with Gasteiger partial charge in [-0.3, -0.25) is 9.80 Å². The predicted molar refractivity (Wildman–Crippen MR) is 104 cm³/mol. The number of fused-ring (bicyclic) bond motifs is 2. The van der Waals surface area contributed by atoms with Crippen LogP contribution in [0.25, 0.3) is 10.9 Å². The summed E-state index contributed by atoms with van der Waals surface area (Å²) in [6.07, 6.45) is 2.37. The van der Waals surface area contributed by atoms with Crippen molar-refractivity contribution >= 4 is 10.9 Å². The molecule has 4 heteroatoms. The number of nitrogens with one attached hydrogen (secondary N) is 1. The number of likely N-dealkylation sites (N-methyl/N-ethyl adjacent to an activating group) is 1. The van der Waals surface area contributed by atoms with Gasteiger partial charge < -0.3 is 9.72 Å². The highest BCUT2D eigenvalue weighted by molar-refractivity contribution is 5.80. The molecule has 2 aromatic carbocycles. The number of aromatic amines is 1. The van der Waals surface area contributed by atoms with E-state index in [0.29, 0.717) is 12.1 Å². The second kappa shape index (κ2) is 6.54. The molecule has 1 N–H and O–H groups in total. The van der Waals surface area contributed by atoms with Crippen LogP contribution in [0.1, 0.15) is 28.8 Å². The fourth-order valence-corrected chi connectivity index (χ4v) is 4.66. The lowest BCUT2D eigenvalue weighted by Crippen LogP contribution is -2.49. The SMILES string of the molecule is CN1CC(c2ccc3[nH]ccc3c2)c2ccccc2C1N1CCOCC1. The maximum absolute atomic E-state index is 5.57. The van der Waals surface area contributed by atoms with Crippen LogP contribution in [0.5, 0.6) is 0 Å². The Morgan fingerprint density at radius 3 is 2.65 bits per heavy atom. The molecule has 2 aliphatic heterocycles. The number of morpholine rings is 1. The lowest BCUT2D eigenvalue weighted by molar-refractivity contribution is -0.0324. The minimum Gasteiger partial charge on any atom is -0.379 e. The summed E-state index contributed by atoms with van der Waals surface area (Å²) < 4.78 is 5.57. The van der Waals surface area contributed by atoms with Crippen LogP contribution in [0.4, 0.5) is 0 Å². The first-order valence-electron chi connectivity index (χ1n) is 9.49. The second-order valence-electron chi connectivity index (χ2n) is 7.47. The standard InChI is InChI=1S/C22H25N3O/c1-24-15-20(16-6-7-21-17(14-16)8-9-23-21)18-4-2-3-5-19(18)22(24)25-10-12-26-13-11-25/h2-9,14,20,22-23H,10-13,15H2,1H3. The fourth-order valence-electron chi connectivity index (χ4n) is 4.66. The zero-order valence-electron chi connectivity index (χ0n) is 15.2. The van der Waals surface area contributed by atoms with Crippen molar-refractivity contribution in [3.63, 3.8) is 0 Å². The second-order valence-corrected chi connectivity index (χ2v) is 7.47. The van der Waals surface area contributed by atoms with Gasteiger partial charge in [0.15, 0.2) is 0 Å². The van der Waals surface area contributed by atoms with Crippen molar-refractivity contribution in [2.45, 2.75) is 12.1 Å². The molecule has 0 aliphatic carbocycles. The number of hydrogen-bond donors (Lipinski definition) is 1. The first kappa shape index (κ1) is 16.1. The number of benzene rings is 2. The summed E-state index contributed by atoms with van der Waals surface area (Å²) in [5.74, 6) is 0.410. The molecule has 0 bridgehead atoms. The molecule has 0 spiro atoms. The van der Waals surface area contributed by atoms with Crippen LogP contribution in [0.2, 0.25) is 0 Å². The normalized spacial score (nSPS) is 24.7. The van der Waals surface area contributed by atoms with E-state index in [9.17, 15) is 0 Å². The molecule has 0 radical (unpaired) electrons. The van der Waals surface area contributed by atoms with E-state index in [-0.39, 0.29) is 0 Å². The highest BCUT2D eigenvalue weighted by Crippen LogP contribution is 2.40. The van der Waals surface area contributed by atoms with Crippen LogP contribution in [0.3, 0.4) is 0 Å². The molecule has 134 valence electrons. The van der Waals surface area contributed by atoms with Crippen molar-refractivity contribution in [1.29, 1.82) is 0 Å². The van der Waals surface area contributed by atoms with Gasteiger partial charge in [-0.15, -0.1) is 0 Å². The largest absolute Gasteiger partial charge is 0.379 e. The van der Waals surface area contributed by atoms with Crippen molar-refractivity contribution in [2.24, 2.45) is 0 Å². The van der Waals surface area contributed by atoms with E-state index in [0.717, 1.165) is 32.8 Å². The Kier molecular flexibility index (Phi) is 4.04. The lowest BCUT2D eigenvalue weighted by Gasteiger charge is -2.45. The Labute approximate surface area is 154 Å². The molecule has 3 aromatic rings. The lowest BCUT2D eigenvalue weighted by atomic mass is 9.83. The monoisotopic (exact) mass is 347 g/mol. The number of ether oxygens (including phenoxy) is 1. The first-order chi connectivity index (χ1) is 12.8. The summed E-state index contributed by atoms with van der Waals surface area (Å²) in [6.45, 7) is 4.71. The molecule has 1 fully saturated rings. The predicted octanol–water partition coefficient (Wildman–Crippen LogP) is 3.58. The number of aromatic nitrogens is 1. The number of rotatable bonds is 2. The number of hydrogen-bond acceptors (Lipinski definition) is 3. The van der Waals surface area contributed by atoms with Crippen LogP contribution in [0, 0.1) is 0 Å². The maximum atomic E-state index is 5.57. The molecular formula is C22H25N3O. The quantitative estimate of drug-likeness (QED) is 0.769. The van der Waals surface area contributed by atoms with E-state index < -0.39 is 0 Å². The zero-order chi connectivity index (χ0) is 17.5. The molecule has 5 rings (SSSR count). The van der Waals surface area contributed by atoms with Gasteiger partial charge in [0.05, 0.1) is 19.4 Å². The molecule has 0 amide bonds. The number of H-pyrrole nitrogens is 1. The van der Waals surface area contributed by atoms with Crippen LogP contribution in [0.15, 0.2) is 54.7 Å². The summed E-state index contributed by atoms with van der Waals surface area (Å²) in [6, 6.07) is 18.0. The Balaban J connectivity index is 1.56. The highest BCUT2D eigenvalue weighted by Gasteiger charge is 2.35. The summed E-state index contributed by atoms with van der Waals surface area (Å²) in [4.78, 5) is 8.38. The van der Waals surface area contributed by atoms with Gasteiger partial charge in [0.2, 0.25) is 0 Å². The Morgan fingerprint density at radius 2 is 1.81 bits per heavy atom. The van der Waals surface area contributed by atoms with Crippen molar-refractivity contribution in [3.8, 4) is 0 Å². The molecule has 1 aromatic heterocycles. The molecule has 2 atom stereocenters. The van der Waals surface area contributed by atoms with Crippen molar-refractivity contribution < 1.29 is 4.74 Å². The van der Waals surface area contributed by atoms with Gasteiger partial charge in [0.25, 0.3) is 0 Å². The van der Waals surface area contributed by atoms with Gasteiger partial charge in [0, 0.05) is 37.3 Å². The van der Waals surface area contributed by atoms with Gasteiger partial charge in [0.1, 0.15) is 0 Å². The van der Waals surface area contributed by atoms with Crippen LogP contribution in [-0.4, -0.2) is 54.7 Å². The smallest absolute Gasteiger partial charge is 0.0888 e. The highest BCUT2D eigenvalue weighted by atomic mass is 16.5. The van der Waals surface area contributed by atoms with Gasteiger partial charge in [-0.1, -0.05) is 30.3 Å². The van der Waals surface area contributed by atoms with Gasteiger partial charge >= 0.3 is 0 Å². The molecule has 4 nitrogen and oxygen atoms in total. The van der Waals surface area contributed by atoms with E-state index in [1.807, 2.05) is 6.20 Å². The Morgan fingerprint density at radius 1 is 1.00 bits per heavy atom. The summed E-state index contributed by atoms with van der Waals surface area (Å²) >= 11 is 0. The summed E-state index contributed by atoms with van der Waals surface area (Å²) in [5, 5.41) is 1.29. The van der Waals surface area contributed by atoms with Crippen molar-refractivity contribution in [3.05, 3.63) is 71.4 Å². The Bertz CT molecular complexity index is 912. The average molecular weight is 347 g/mol. The average Bonchev–Trinajstić information content (AvgIpc) is 3.16. The number of nitrogens with zero attached hydrogens (tertiary/aromatic N) is 2. The van der Waals surface area contributed by atoms with E-state index >= 15 is 0 Å². The summed E-state index contributed by atoms with van der Waals surface area (Å²) in [5.41, 5.74) is 5.52. The third kappa shape index (κ3) is 2.65. The molecule has 3 heterocycles.